The van der Waals surface area contributed by atoms with Gasteiger partial charge in [-0.2, -0.15) is 0 Å². The smallest absolute Gasteiger partial charge is 0.408 e. The lowest BCUT2D eigenvalue weighted by atomic mass is 10.0. The zero-order valence-electron chi connectivity index (χ0n) is 16.9. The van der Waals surface area contributed by atoms with Crippen LogP contribution in [-0.4, -0.2) is 49.9 Å². The van der Waals surface area contributed by atoms with E-state index in [9.17, 15) is 9.59 Å². The first-order valence-electron chi connectivity index (χ1n) is 9.39. The van der Waals surface area contributed by atoms with Gasteiger partial charge in [0.2, 0.25) is 5.91 Å². The molecule has 2 rings (SSSR count). The Bertz CT molecular complexity index is 649. The summed E-state index contributed by atoms with van der Waals surface area (Å²) in [6.07, 6.45) is -0.599. The molecule has 27 heavy (non-hydrogen) atoms. The van der Waals surface area contributed by atoms with Gasteiger partial charge in [-0.25, -0.2) is 4.79 Å². The Balaban J connectivity index is 2.03. The van der Waals surface area contributed by atoms with Crippen LogP contribution in [0.25, 0.3) is 0 Å². The number of nitrogens with zero attached hydrogens (tertiary/aromatic N) is 1. The summed E-state index contributed by atoms with van der Waals surface area (Å²) in [5.41, 5.74) is 1.12. The summed E-state index contributed by atoms with van der Waals surface area (Å²) in [5, 5.41) is 5.57. The van der Waals surface area contributed by atoms with Crippen molar-refractivity contribution < 1.29 is 19.1 Å². The number of carbonyl (C=O) groups excluding carboxylic acids is 2. The van der Waals surface area contributed by atoms with Crippen molar-refractivity contribution in [3.8, 4) is 0 Å². The standard InChI is InChI=1S/C20H31N3O4/c1-14(2)17(22-19(25)27-20(3,4)5)18(24)21-15-7-6-8-16(13-15)23-9-11-26-12-10-23/h6-8,13-14,17H,9-12H2,1-5H3,(H,21,24)(H,22,25). The van der Waals surface area contributed by atoms with Crippen LogP contribution in [-0.2, 0) is 14.3 Å². The highest BCUT2D eigenvalue weighted by Gasteiger charge is 2.27. The fraction of sp³-hybridized carbons (Fsp3) is 0.600. The third kappa shape index (κ3) is 6.75. The van der Waals surface area contributed by atoms with Crippen molar-refractivity contribution in [3.05, 3.63) is 24.3 Å². The molecule has 1 unspecified atom stereocenters. The zero-order valence-corrected chi connectivity index (χ0v) is 16.9. The number of nitrogens with one attached hydrogen (secondary N) is 2. The van der Waals surface area contributed by atoms with Gasteiger partial charge in [0.15, 0.2) is 0 Å². The Hall–Kier alpha value is -2.28. The molecule has 0 aliphatic carbocycles. The molecule has 1 saturated heterocycles. The van der Waals surface area contributed by atoms with Gasteiger partial charge in [0.25, 0.3) is 0 Å². The van der Waals surface area contributed by atoms with E-state index in [1.54, 1.807) is 20.8 Å². The molecule has 0 aromatic heterocycles. The summed E-state index contributed by atoms with van der Waals surface area (Å²) in [6, 6.07) is 7.01. The summed E-state index contributed by atoms with van der Waals surface area (Å²) in [7, 11) is 0. The highest BCUT2D eigenvalue weighted by molar-refractivity contribution is 5.97. The summed E-state index contributed by atoms with van der Waals surface area (Å²) < 4.78 is 10.7. The first-order valence-corrected chi connectivity index (χ1v) is 9.39. The van der Waals surface area contributed by atoms with Gasteiger partial charge in [0, 0.05) is 24.5 Å². The Morgan fingerprint density at radius 1 is 1.19 bits per heavy atom. The topological polar surface area (TPSA) is 79.9 Å². The van der Waals surface area contributed by atoms with E-state index in [1.807, 2.05) is 38.1 Å². The number of morpholine rings is 1. The molecule has 7 heteroatoms. The Morgan fingerprint density at radius 3 is 2.44 bits per heavy atom. The zero-order chi connectivity index (χ0) is 20.0. The third-order valence-corrected chi connectivity index (χ3v) is 4.11. The first kappa shape index (κ1) is 21.0. The molecule has 7 nitrogen and oxygen atoms in total. The predicted octanol–water partition coefficient (Wildman–Crippen LogP) is 3.01. The number of hydrogen-bond donors (Lipinski definition) is 2. The monoisotopic (exact) mass is 377 g/mol. The molecule has 150 valence electrons. The lowest BCUT2D eigenvalue weighted by Crippen LogP contribution is -2.48. The van der Waals surface area contributed by atoms with E-state index in [1.165, 1.54) is 0 Å². The Kier molecular flexibility index (Phi) is 7.07. The molecule has 1 atom stereocenters. The minimum atomic E-state index is -0.688. The lowest BCUT2D eigenvalue weighted by molar-refractivity contribution is -0.119. The molecular weight excluding hydrogens is 346 g/mol. The van der Waals surface area contributed by atoms with Crippen molar-refractivity contribution >= 4 is 23.4 Å². The van der Waals surface area contributed by atoms with Crippen LogP contribution < -0.4 is 15.5 Å². The van der Waals surface area contributed by atoms with Gasteiger partial charge >= 0.3 is 6.09 Å². The summed E-state index contributed by atoms with van der Waals surface area (Å²) in [6.45, 7) is 12.2. The number of amides is 2. The van der Waals surface area contributed by atoms with Gasteiger partial charge in [0.1, 0.15) is 11.6 Å². The van der Waals surface area contributed by atoms with E-state index < -0.39 is 17.7 Å². The number of anilines is 2. The van der Waals surface area contributed by atoms with E-state index in [4.69, 9.17) is 9.47 Å². The van der Waals surface area contributed by atoms with Crippen LogP contribution in [0.3, 0.4) is 0 Å². The number of benzene rings is 1. The molecule has 1 aromatic rings. The summed E-state index contributed by atoms with van der Waals surface area (Å²) in [4.78, 5) is 27.0. The van der Waals surface area contributed by atoms with E-state index in [0.29, 0.717) is 18.9 Å². The van der Waals surface area contributed by atoms with Crippen LogP contribution in [0.1, 0.15) is 34.6 Å². The molecule has 0 spiro atoms. The SMILES string of the molecule is CC(C)C(NC(=O)OC(C)(C)C)C(=O)Nc1cccc(N2CCOCC2)c1. The maximum Gasteiger partial charge on any atom is 0.408 e. The quantitative estimate of drug-likeness (QED) is 0.825. The van der Waals surface area contributed by atoms with E-state index >= 15 is 0 Å². The van der Waals surface area contributed by atoms with Crippen molar-refractivity contribution in [2.24, 2.45) is 5.92 Å². The average Bonchev–Trinajstić information content (AvgIpc) is 2.59. The molecule has 1 aliphatic heterocycles. The van der Waals surface area contributed by atoms with Crippen LogP contribution in [0.5, 0.6) is 0 Å². The van der Waals surface area contributed by atoms with Gasteiger partial charge in [-0.1, -0.05) is 19.9 Å². The molecule has 0 saturated carbocycles. The molecular formula is C20H31N3O4. The largest absolute Gasteiger partial charge is 0.444 e. The number of rotatable bonds is 5. The van der Waals surface area contributed by atoms with Crippen LogP contribution in [0.15, 0.2) is 24.3 Å². The van der Waals surface area contributed by atoms with E-state index in [-0.39, 0.29) is 11.8 Å². The van der Waals surface area contributed by atoms with Crippen LogP contribution in [0.4, 0.5) is 16.2 Å². The molecule has 1 aliphatic rings. The van der Waals surface area contributed by atoms with Gasteiger partial charge in [-0.15, -0.1) is 0 Å². The Morgan fingerprint density at radius 2 is 1.85 bits per heavy atom. The van der Waals surface area contributed by atoms with Crippen LogP contribution in [0, 0.1) is 5.92 Å². The lowest BCUT2D eigenvalue weighted by Gasteiger charge is -2.29. The number of carbonyl (C=O) groups is 2. The minimum absolute atomic E-state index is 0.0834. The fourth-order valence-corrected chi connectivity index (χ4v) is 2.79. The average molecular weight is 377 g/mol. The third-order valence-electron chi connectivity index (χ3n) is 4.11. The second-order valence-electron chi connectivity index (χ2n) is 8.01. The highest BCUT2D eigenvalue weighted by Crippen LogP contribution is 2.21. The molecule has 2 amide bonds. The van der Waals surface area contributed by atoms with Crippen molar-refractivity contribution in [2.75, 3.05) is 36.5 Å². The maximum atomic E-state index is 12.7. The van der Waals surface area contributed by atoms with Crippen molar-refractivity contribution in [2.45, 2.75) is 46.3 Å². The van der Waals surface area contributed by atoms with Crippen LogP contribution in [0.2, 0.25) is 0 Å². The van der Waals surface area contributed by atoms with E-state index in [2.05, 4.69) is 15.5 Å². The molecule has 0 bridgehead atoms. The van der Waals surface area contributed by atoms with Gasteiger partial charge in [-0.05, 0) is 44.9 Å². The molecule has 1 aromatic carbocycles. The molecule has 2 N–H and O–H groups in total. The molecule has 0 radical (unpaired) electrons. The fourth-order valence-electron chi connectivity index (χ4n) is 2.79. The van der Waals surface area contributed by atoms with Crippen LogP contribution >= 0.6 is 0 Å². The van der Waals surface area contributed by atoms with Gasteiger partial charge in [0.05, 0.1) is 13.2 Å². The first-order chi connectivity index (χ1) is 12.7. The minimum Gasteiger partial charge on any atom is -0.444 e. The normalized spacial score (nSPS) is 16.0. The molecule has 1 heterocycles. The number of hydrogen-bond acceptors (Lipinski definition) is 5. The summed E-state index contributed by atoms with van der Waals surface area (Å²) in [5.74, 6) is -0.352. The summed E-state index contributed by atoms with van der Waals surface area (Å²) >= 11 is 0. The van der Waals surface area contributed by atoms with Crippen molar-refractivity contribution in [1.29, 1.82) is 0 Å². The van der Waals surface area contributed by atoms with Gasteiger partial charge in [-0.3, -0.25) is 4.79 Å². The van der Waals surface area contributed by atoms with Crippen molar-refractivity contribution in [3.63, 3.8) is 0 Å². The number of alkyl carbamates (subject to hydrolysis) is 1. The van der Waals surface area contributed by atoms with E-state index in [0.717, 1.165) is 18.8 Å². The molecule has 1 fully saturated rings. The second-order valence-corrected chi connectivity index (χ2v) is 8.01. The van der Waals surface area contributed by atoms with Gasteiger partial charge < -0.3 is 25.0 Å². The predicted molar refractivity (Wildman–Crippen MR) is 106 cm³/mol. The highest BCUT2D eigenvalue weighted by atomic mass is 16.6. The number of ether oxygens (including phenoxy) is 2. The van der Waals surface area contributed by atoms with Crippen molar-refractivity contribution in [1.82, 2.24) is 5.32 Å². The second kappa shape index (κ2) is 9.08. The maximum absolute atomic E-state index is 12.7. The Labute approximate surface area is 161 Å².